The summed E-state index contributed by atoms with van der Waals surface area (Å²) in [6.07, 6.45) is 4.34. The van der Waals surface area contributed by atoms with Gasteiger partial charge in [0.25, 0.3) is 0 Å². The van der Waals surface area contributed by atoms with Crippen LogP contribution in [0.3, 0.4) is 0 Å². The maximum Gasteiger partial charge on any atom is 0.248 e. The third-order valence-electron chi connectivity index (χ3n) is 5.74. The molecule has 1 unspecified atom stereocenters. The number of nitrogens with one attached hydrogen (secondary N) is 2. The van der Waals surface area contributed by atoms with Gasteiger partial charge in [-0.05, 0) is 49.6 Å². The molecule has 0 saturated carbocycles. The van der Waals surface area contributed by atoms with Gasteiger partial charge in [-0.2, -0.15) is 4.98 Å². The van der Waals surface area contributed by atoms with E-state index in [1.54, 1.807) is 0 Å². The van der Waals surface area contributed by atoms with Crippen molar-refractivity contribution in [1.82, 2.24) is 20.3 Å². The van der Waals surface area contributed by atoms with Gasteiger partial charge in [0.1, 0.15) is 11.6 Å². The van der Waals surface area contributed by atoms with Crippen molar-refractivity contribution in [2.45, 2.75) is 45.6 Å². The summed E-state index contributed by atoms with van der Waals surface area (Å²) < 4.78 is 0. The van der Waals surface area contributed by atoms with Crippen LogP contribution in [0.4, 0.5) is 17.5 Å². The fraction of sp³-hybridized carbons (Fsp3) is 0.417. The molecule has 1 aliphatic rings. The molecular formula is C24H31N7O. The van der Waals surface area contributed by atoms with E-state index in [1.807, 2.05) is 48.2 Å². The lowest BCUT2D eigenvalue weighted by Crippen LogP contribution is -2.57. The molecule has 2 aromatic heterocycles. The Hall–Kier alpha value is -3.26. The summed E-state index contributed by atoms with van der Waals surface area (Å²) in [6, 6.07) is 11.3. The second-order valence-electron chi connectivity index (χ2n) is 8.30. The number of rotatable bonds is 7. The van der Waals surface area contributed by atoms with Crippen LogP contribution in [0.5, 0.6) is 0 Å². The predicted molar refractivity (Wildman–Crippen MR) is 129 cm³/mol. The Labute approximate surface area is 188 Å². The summed E-state index contributed by atoms with van der Waals surface area (Å²) in [6.45, 7) is 6.08. The number of hydrogen-bond acceptors (Lipinski definition) is 7. The van der Waals surface area contributed by atoms with Crippen molar-refractivity contribution in [2.75, 3.05) is 35.6 Å². The van der Waals surface area contributed by atoms with E-state index in [-0.39, 0.29) is 11.9 Å². The lowest BCUT2D eigenvalue weighted by molar-refractivity contribution is -0.117. The largest absolute Gasteiger partial charge is 0.368 e. The third-order valence-corrected chi connectivity index (χ3v) is 5.74. The number of amides is 1. The number of benzene rings is 1. The summed E-state index contributed by atoms with van der Waals surface area (Å²) in [5.41, 5.74) is 10.3. The predicted octanol–water partition coefficient (Wildman–Crippen LogP) is 3.07. The molecular weight excluding hydrogens is 402 g/mol. The minimum Gasteiger partial charge on any atom is -0.368 e. The molecule has 1 fully saturated rings. The van der Waals surface area contributed by atoms with Crippen molar-refractivity contribution in [3.05, 3.63) is 47.7 Å². The van der Waals surface area contributed by atoms with Crippen molar-refractivity contribution in [3.63, 3.8) is 0 Å². The van der Waals surface area contributed by atoms with Crippen LogP contribution in [0.15, 0.2) is 36.4 Å². The van der Waals surface area contributed by atoms with Crippen molar-refractivity contribution in [1.29, 1.82) is 0 Å². The molecule has 8 nitrogen and oxygen atoms in total. The molecule has 8 heteroatoms. The van der Waals surface area contributed by atoms with Crippen LogP contribution in [-0.2, 0) is 11.2 Å². The van der Waals surface area contributed by atoms with Gasteiger partial charge < -0.3 is 21.3 Å². The summed E-state index contributed by atoms with van der Waals surface area (Å²) in [4.78, 5) is 29.0. The number of anilines is 3. The zero-order valence-corrected chi connectivity index (χ0v) is 18.8. The van der Waals surface area contributed by atoms with E-state index in [0.29, 0.717) is 29.9 Å². The van der Waals surface area contributed by atoms with Gasteiger partial charge in [-0.3, -0.25) is 4.79 Å². The number of pyridine rings is 1. The molecule has 0 bridgehead atoms. The number of carbonyl (C=O) groups excluding carboxylic acids is 1. The standard InChI is InChI=1S/C24H31N7O/c1-3-4-5-8-17-10-11-19-21(27-17)22(30-24(25)29-19)31-13-12-26-15-20(31)23(32)28-18-9-6-7-16(2)14-18/h6-7,9-11,14,20,26H,3-5,8,12-13,15H2,1-2H3,(H,28,32)(H2,25,29,30). The molecule has 3 heterocycles. The SMILES string of the molecule is CCCCCc1ccc2nc(N)nc(N3CCNCC3C(=O)Nc3cccc(C)c3)c2n1. The Balaban J connectivity index is 1.66. The first-order chi connectivity index (χ1) is 15.5. The van der Waals surface area contributed by atoms with Crippen LogP contribution < -0.4 is 21.3 Å². The lowest BCUT2D eigenvalue weighted by Gasteiger charge is -2.36. The van der Waals surface area contributed by atoms with Crippen LogP contribution in [-0.4, -0.2) is 46.5 Å². The second kappa shape index (κ2) is 9.91. The van der Waals surface area contributed by atoms with Crippen LogP contribution in [0.1, 0.15) is 37.4 Å². The smallest absolute Gasteiger partial charge is 0.248 e. The average Bonchev–Trinajstić information content (AvgIpc) is 2.79. The highest BCUT2D eigenvalue weighted by molar-refractivity contribution is 5.99. The number of unbranched alkanes of at least 4 members (excludes halogenated alkanes) is 2. The van der Waals surface area contributed by atoms with Gasteiger partial charge in [-0.15, -0.1) is 0 Å². The number of aromatic nitrogens is 3. The van der Waals surface area contributed by atoms with Crippen molar-refractivity contribution >= 4 is 34.4 Å². The highest BCUT2D eigenvalue weighted by Crippen LogP contribution is 2.27. The van der Waals surface area contributed by atoms with Crippen molar-refractivity contribution in [3.8, 4) is 0 Å². The normalized spacial score (nSPS) is 16.3. The van der Waals surface area contributed by atoms with E-state index in [0.717, 1.165) is 42.8 Å². The Bertz CT molecular complexity index is 1100. The molecule has 1 atom stereocenters. The van der Waals surface area contributed by atoms with Crippen LogP contribution in [0.2, 0.25) is 0 Å². The van der Waals surface area contributed by atoms with Gasteiger partial charge in [0.2, 0.25) is 11.9 Å². The van der Waals surface area contributed by atoms with E-state index in [1.165, 1.54) is 6.42 Å². The minimum atomic E-state index is -0.438. The molecule has 0 aliphatic carbocycles. The van der Waals surface area contributed by atoms with E-state index in [2.05, 4.69) is 27.5 Å². The quantitative estimate of drug-likeness (QED) is 0.491. The first-order valence-electron chi connectivity index (χ1n) is 11.3. The maximum atomic E-state index is 13.2. The molecule has 3 aromatic rings. The molecule has 1 aliphatic heterocycles. The monoisotopic (exact) mass is 433 g/mol. The molecule has 168 valence electrons. The van der Waals surface area contributed by atoms with Gasteiger partial charge in [0, 0.05) is 31.0 Å². The zero-order valence-electron chi connectivity index (χ0n) is 18.8. The minimum absolute atomic E-state index is 0.0905. The zero-order chi connectivity index (χ0) is 22.5. The van der Waals surface area contributed by atoms with Crippen LogP contribution >= 0.6 is 0 Å². The number of carbonyl (C=O) groups is 1. The summed E-state index contributed by atoms with van der Waals surface area (Å²) in [5, 5.41) is 6.37. The number of nitrogen functional groups attached to an aromatic ring is 1. The number of aryl methyl sites for hydroxylation is 2. The number of nitrogens with zero attached hydrogens (tertiary/aromatic N) is 4. The number of nitrogens with two attached hydrogens (primary N) is 1. The molecule has 1 aromatic carbocycles. The van der Waals surface area contributed by atoms with E-state index < -0.39 is 6.04 Å². The Kier molecular flexibility index (Phi) is 6.80. The Morgan fingerprint density at radius 1 is 1.22 bits per heavy atom. The number of piperazine rings is 1. The van der Waals surface area contributed by atoms with Gasteiger partial charge in [0.05, 0.1) is 5.52 Å². The topological polar surface area (TPSA) is 109 Å². The molecule has 0 radical (unpaired) electrons. The van der Waals surface area contributed by atoms with Gasteiger partial charge in [0.15, 0.2) is 5.82 Å². The van der Waals surface area contributed by atoms with Crippen LogP contribution in [0.25, 0.3) is 11.0 Å². The summed E-state index contributed by atoms with van der Waals surface area (Å²) >= 11 is 0. The van der Waals surface area contributed by atoms with Gasteiger partial charge in [-0.25, -0.2) is 9.97 Å². The molecule has 1 amide bonds. The molecule has 4 N–H and O–H groups in total. The van der Waals surface area contributed by atoms with Gasteiger partial charge in [-0.1, -0.05) is 31.9 Å². The highest BCUT2D eigenvalue weighted by atomic mass is 16.2. The number of fused-ring (bicyclic) bond motifs is 1. The maximum absolute atomic E-state index is 13.2. The Morgan fingerprint density at radius 2 is 2.09 bits per heavy atom. The van der Waals surface area contributed by atoms with E-state index in [9.17, 15) is 4.79 Å². The average molecular weight is 434 g/mol. The molecule has 32 heavy (non-hydrogen) atoms. The Morgan fingerprint density at radius 3 is 2.91 bits per heavy atom. The fourth-order valence-electron chi connectivity index (χ4n) is 4.09. The number of hydrogen-bond donors (Lipinski definition) is 3. The summed E-state index contributed by atoms with van der Waals surface area (Å²) in [7, 11) is 0. The van der Waals surface area contributed by atoms with Crippen molar-refractivity contribution in [2.24, 2.45) is 0 Å². The second-order valence-corrected chi connectivity index (χ2v) is 8.30. The lowest BCUT2D eigenvalue weighted by atomic mass is 10.1. The van der Waals surface area contributed by atoms with E-state index in [4.69, 9.17) is 10.7 Å². The summed E-state index contributed by atoms with van der Waals surface area (Å²) in [5.74, 6) is 0.715. The molecule has 4 rings (SSSR count). The van der Waals surface area contributed by atoms with Crippen LogP contribution in [0, 0.1) is 6.92 Å². The van der Waals surface area contributed by atoms with Gasteiger partial charge >= 0.3 is 0 Å². The van der Waals surface area contributed by atoms with Crippen molar-refractivity contribution < 1.29 is 4.79 Å². The fourth-order valence-corrected chi connectivity index (χ4v) is 4.09. The molecule has 1 saturated heterocycles. The first kappa shape index (κ1) is 22.0. The molecule has 0 spiro atoms. The van der Waals surface area contributed by atoms with E-state index >= 15 is 0 Å². The third kappa shape index (κ3) is 4.96. The first-order valence-corrected chi connectivity index (χ1v) is 11.3. The highest BCUT2D eigenvalue weighted by Gasteiger charge is 2.31.